The monoisotopic (exact) mass is 360 g/mol. The molecule has 3 heterocycles. The van der Waals surface area contributed by atoms with Gasteiger partial charge < -0.3 is 10.2 Å². The number of carbonyl (C=O) groups is 1. The van der Waals surface area contributed by atoms with Crippen molar-refractivity contribution in [3.8, 4) is 5.69 Å². The maximum absolute atomic E-state index is 12.8. The molecule has 2 fully saturated rings. The van der Waals surface area contributed by atoms with Gasteiger partial charge in [0, 0.05) is 36.9 Å². The van der Waals surface area contributed by atoms with Gasteiger partial charge in [-0.3, -0.25) is 4.79 Å². The van der Waals surface area contributed by atoms with E-state index < -0.39 is 0 Å². The number of aromatic nitrogens is 2. The second-order valence-electron chi connectivity index (χ2n) is 7.19. The average Bonchev–Trinajstić information content (AvgIpc) is 3.18. The molecule has 0 aliphatic carbocycles. The van der Waals surface area contributed by atoms with Gasteiger partial charge in [-0.25, -0.2) is 4.68 Å². The highest BCUT2D eigenvalue weighted by molar-refractivity contribution is 5.94. The minimum Gasteiger partial charge on any atom is -0.339 e. The molecule has 2 bridgehead atoms. The molecule has 2 aliphatic rings. The topological polar surface area (TPSA) is 50.2 Å². The predicted octanol–water partition coefficient (Wildman–Crippen LogP) is 2.96. The summed E-state index contributed by atoms with van der Waals surface area (Å²) in [5, 5.41) is 7.94. The third-order valence-electron chi connectivity index (χ3n) is 5.41. The Hall–Kier alpha value is -1.85. The number of hydrogen-bond donors (Lipinski definition) is 1. The molecule has 1 N–H and O–H groups in total. The van der Waals surface area contributed by atoms with Gasteiger partial charge in [-0.1, -0.05) is 0 Å². The highest BCUT2D eigenvalue weighted by Crippen LogP contribution is 2.29. The molecule has 5 nitrogen and oxygen atoms in total. The van der Waals surface area contributed by atoms with E-state index in [0.29, 0.717) is 18.1 Å². The van der Waals surface area contributed by atoms with Gasteiger partial charge in [0.15, 0.2) is 0 Å². The molecule has 1 amide bonds. The lowest BCUT2D eigenvalue weighted by Gasteiger charge is -2.35. The van der Waals surface area contributed by atoms with Gasteiger partial charge in [0.05, 0.1) is 11.9 Å². The van der Waals surface area contributed by atoms with Crippen LogP contribution in [-0.2, 0) is 0 Å². The summed E-state index contributed by atoms with van der Waals surface area (Å²) in [6.45, 7) is 2.02. The number of hydrogen-bond acceptors (Lipinski definition) is 3. The van der Waals surface area contributed by atoms with Crippen molar-refractivity contribution in [3.05, 3.63) is 47.8 Å². The minimum absolute atomic E-state index is 0. The molecule has 0 spiro atoms. The molecule has 1 aromatic carbocycles. The number of benzene rings is 1. The summed E-state index contributed by atoms with van der Waals surface area (Å²) in [7, 11) is 1.95. The largest absolute Gasteiger partial charge is 0.339 e. The van der Waals surface area contributed by atoms with Crippen LogP contribution in [0.1, 0.15) is 41.6 Å². The molecule has 4 rings (SSSR count). The Bertz CT molecular complexity index is 730. The van der Waals surface area contributed by atoms with Crippen LogP contribution in [0.25, 0.3) is 5.69 Å². The van der Waals surface area contributed by atoms with Crippen LogP contribution in [0.3, 0.4) is 0 Å². The second-order valence-corrected chi connectivity index (χ2v) is 7.19. The Morgan fingerprint density at radius 3 is 2.40 bits per heavy atom. The summed E-state index contributed by atoms with van der Waals surface area (Å²) in [6, 6.07) is 9.26. The molecule has 2 saturated heterocycles. The molecule has 6 heteroatoms. The maximum Gasteiger partial charge on any atom is 0.253 e. The van der Waals surface area contributed by atoms with Crippen LogP contribution in [0.2, 0.25) is 0 Å². The van der Waals surface area contributed by atoms with Crippen molar-refractivity contribution >= 4 is 18.3 Å². The van der Waals surface area contributed by atoms with E-state index in [2.05, 4.69) is 10.4 Å². The van der Waals surface area contributed by atoms with E-state index >= 15 is 0 Å². The van der Waals surface area contributed by atoms with E-state index in [0.717, 1.165) is 29.7 Å². The first-order chi connectivity index (χ1) is 11.6. The first-order valence-electron chi connectivity index (χ1n) is 8.75. The van der Waals surface area contributed by atoms with Crippen LogP contribution in [0.4, 0.5) is 0 Å². The average molecular weight is 361 g/mol. The normalized spacial score (nSPS) is 24.6. The van der Waals surface area contributed by atoms with E-state index in [9.17, 15) is 4.79 Å². The van der Waals surface area contributed by atoms with E-state index in [1.807, 2.05) is 60.2 Å². The molecule has 2 aliphatic heterocycles. The zero-order valence-corrected chi connectivity index (χ0v) is 15.5. The van der Waals surface area contributed by atoms with Crippen molar-refractivity contribution in [1.29, 1.82) is 0 Å². The Morgan fingerprint density at radius 2 is 1.84 bits per heavy atom. The Labute approximate surface area is 154 Å². The molecule has 0 radical (unpaired) electrons. The van der Waals surface area contributed by atoms with E-state index in [-0.39, 0.29) is 18.3 Å². The lowest BCUT2D eigenvalue weighted by molar-refractivity contribution is 0.0681. The number of fused-ring (bicyclic) bond motifs is 2. The standard InChI is InChI=1S/C19H24N4O.ClH/c1-13-11-20-23(12-13)17-7-3-14(4-8-17)19(24)22(2)18-9-15-5-6-16(10-18)21-15;/h3-4,7-8,11-12,15-16,18,21H,5-6,9-10H2,1-2H3;1H. The highest BCUT2D eigenvalue weighted by atomic mass is 35.5. The molecule has 25 heavy (non-hydrogen) atoms. The van der Waals surface area contributed by atoms with Crippen LogP contribution >= 0.6 is 12.4 Å². The number of amides is 1. The fourth-order valence-electron chi connectivity index (χ4n) is 4.02. The number of nitrogens with zero attached hydrogens (tertiary/aromatic N) is 3. The molecular formula is C19H25ClN4O. The van der Waals surface area contributed by atoms with Crippen LogP contribution < -0.4 is 5.32 Å². The Morgan fingerprint density at radius 1 is 1.20 bits per heavy atom. The zero-order valence-electron chi connectivity index (χ0n) is 14.7. The molecule has 1 aromatic heterocycles. The molecule has 0 saturated carbocycles. The summed E-state index contributed by atoms with van der Waals surface area (Å²) in [5.74, 6) is 0.115. The van der Waals surface area contributed by atoms with Crippen molar-refractivity contribution in [2.24, 2.45) is 0 Å². The highest BCUT2D eigenvalue weighted by Gasteiger charge is 2.36. The first-order valence-corrected chi connectivity index (χ1v) is 8.75. The number of halogens is 1. The van der Waals surface area contributed by atoms with Gasteiger partial charge in [0.1, 0.15) is 0 Å². The van der Waals surface area contributed by atoms with Crippen molar-refractivity contribution in [1.82, 2.24) is 20.0 Å². The van der Waals surface area contributed by atoms with Crippen molar-refractivity contribution < 1.29 is 4.79 Å². The maximum atomic E-state index is 12.8. The molecule has 2 aromatic rings. The second kappa shape index (κ2) is 7.18. The van der Waals surface area contributed by atoms with Crippen LogP contribution in [-0.4, -0.2) is 45.8 Å². The van der Waals surface area contributed by atoms with Crippen molar-refractivity contribution in [2.45, 2.75) is 50.7 Å². The summed E-state index contributed by atoms with van der Waals surface area (Å²) < 4.78 is 1.83. The van der Waals surface area contributed by atoms with E-state index in [4.69, 9.17) is 0 Å². The van der Waals surface area contributed by atoms with Crippen LogP contribution in [0.5, 0.6) is 0 Å². The fourth-order valence-corrected chi connectivity index (χ4v) is 4.02. The molecular weight excluding hydrogens is 336 g/mol. The smallest absolute Gasteiger partial charge is 0.253 e. The SMILES string of the molecule is Cc1cnn(-c2ccc(C(=O)N(C)C3CC4CCC(C3)N4)cc2)c1.Cl. The summed E-state index contributed by atoms with van der Waals surface area (Å²) in [5.41, 5.74) is 2.84. The third-order valence-corrected chi connectivity index (χ3v) is 5.41. The Kier molecular flexibility index (Phi) is 5.16. The van der Waals surface area contributed by atoms with Gasteiger partial charge in [0.25, 0.3) is 5.91 Å². The summed E-state index contributed by atoms with van der Waals surface area (Å²) >= 11 is 0. The number of nitrogens with one attached hydrogen (secondary N) is 1. The number of piperidine rings is 1. The van der Waals surface area contributed by atoms with E-state index in [1.54, 1.807) is 0 Å². The summed E-state index contributed by atoms with van der Waals surface area (Å²) in [6.07, 6.45) is 8.46. The quantitative estimate of drug-likeness (QED) is 0.915. The first kappa shape index (κ1) is 18.0. The van der Waals surface area contributed by atoms with Gasteiger partial charge in [0.2, 0.25) is 0 Å². The van der Waals surface area contributed by atoms with Gasteiger partial charge in [-0.2, -0.15) is 5.10 Å². The van der Waals surface area contributed by atoms with Crippen molar-refractivity contribution in [3.63, 3.8) is 0 Å². The molecule has 2 atom stereocenters. The minimum atomic E-state index is 0. The number of aryl methyl sites for hydroxylation is 1. The lowest BCUT2D eigenvalue weighted by atomic mass is 9.98. The molecule has 2 unspecified atom stereocenters. The van der Waals surface area contributed by atoms with E-state index in [1.165, 1.54) is 12.8 Å². The zero-order chi connectivity index (χ0) is 16.7. The van der Waals surface area contributed by atoms with Gasteiger partial charge in [-0.15, -0.1) is 12.4 Å². The van der Waals surface area contributed by atoms with Crippen molar-refractivity contribution in [2.75, 3.05) is 7.05 Å². The molecule has 134 valence electrons. The predicted molar refractivity (Wildman–Crippen MR) is 101 cm³/mol. The number of carbonyl (C=O) groups excluding carboxylic acids is 1. The van der Waals surface area contributed by atoms with Crippen LogP contribution in [0.15, 0.2) is 36.7 Å². The third kappa shape index (κ3) is 3.58. The summed E-state index contributed by atoms with van der Waals surface area (Å²) in [4.78, 5) is 14.8. The van der Waals surface area contributed by atoms with Gasteiger partial charge >= 0.3 is 0 Å². The van der Waals surface area contributed by atoms with Crippen LogP contribution in [0, 0.1) is 6.92 Å². The van der Waals surface area contributed by atoms with Gasteiger partial charge in [-0.05, 0) is 62.4 Å². The lowest BCUT2D eigenvalue weighted by Crippen LogP contribution is -2.48. The number of rotatable bonds is 3. The fraction of sp³-hybridized carbons (Fsp3) is 0.474. The Balaban J connectivity index is 0.00000182.